The molecule has 2 fully saturated rings. The Morgan fingerprint density at radius 2 is 2.00 bits per heavy atom. The van der Waals surface area contributed by atoms with Gasteiger partial charge in [-0.3, -0.25) is 0 Å². The zero-order valence-corrected chi connectivity index (χ0v) is 10.9. The fourth-order valence-corrected chi connectivity index (χ4v) is 3.56. The second-order valence-corrected chi connectivity index (χ2v) is 5.78. The van der Waals surface area contributed by atoms with Gasteiger partial charge in [0.25, 0.3) is 0 Å². The summed E-state index contributed by atoms with van der Waals surface area (Å²) < 4.78 is 12.7. The average molecular weight is 262 g/mol. The van der Waals surface area contributed by atoms with E-state index < -0.39 is 0 Å². The Kier molecular flexibility index (Phi) is 3.40. The van der Waals surface area contributed by atoms with Crippen LogP contribution in [-0.2, 0) is 0 Å². The van der Waals surface area contributed by atoms with E-state index in [9.17, 15) is 9.18 Å². The van der Waals surface area contributed by atoms with Crippen LogP contribution in [0.2, 0.25) is 0 Å². The van der Waals surface area contributed by atoms with Gasteiger partial charge < -0.3 is 10.6 Å². The molecule has 0 radical (unpaired) electrons. The molecule has 2 bridgehead atoms. The summed E-state index contributed by atoms with van der Waals surface area (Å²) in [6.45, 7) is 0.758. The molecule has 1 aromatic carbocycles. The molecule has 0 unspecified atom stereocenters. The highest BCUT2D eigenvalue weighted by Gasteiger charge is 2.39. The zero-order chi connectivity index (χ0) is 13.2. The molecule has 0 spiro atoms. The summed E-state index contributed by atoms with van der Waals surface area (Å²) >= 11 is 0. The van der Waals surface area contributed by atoms with Crippen molar-refractivity contribution in [2.24, 2.45) is 17.8 Å². The number of anilines is 1. The van der Waals surface area contributed by atoms with Crippen molar-refractivity contribution in [1.29, 1.82) is 0 Å². The van der Waals surface area contributed by atoms with Crippen LogP contribution in [0.15, 0.2) is 24.3 Å². The lowest BCUT2D eigenvalue weighted by molar-refractivity contribution is 0.245. The van der Waals surface area contributed by atoms with Crippen molar-refractivity contribution in [3.63, 3.8) is 0 Å². The van der Waals surface area contributed by atoms with Crippen LogP contribution in [0.5, 0.6) is 0 Å². The van der Waals surface area contributed by atoms with E-state index in [-0.39, 0.29) is 11.8 Å². The largest absolute Gasteiger partial charge is 0.338 e. The summed E-state index contributed by atoms with van der Waals surface area (Å²) in [5.74, 6) is 2.07. The number of amides is 2. The van der Waals surface area contributed by atoms with E-state index in [4.69, 9.17) is 0 Å². The zero-order valence-electron chi connectivity index (χ0n) is 10.9. The predicted molar refractivity (Wildman–Crippen MR) is 72.4 cm³/mol. The van der Waals surface area contributed by atoms with Crippen LogP contribution < -0.4 is 10.6 Å². The molecule has 3 rings (SSSR count). The highest BCUT2D eigenvalue weighted by molar-refractivity contribution is 5.89. The monoisotopic (exact) mass is 262 g/mol. The fraction of sp³-hybridized carbons (Fsp3) is 0.533. The lowest BCUT2D eigenvalue weighted by Crippen LogP contribution is -2.34. The Balaban J connectivity index is 1.45. The first kappa shape index (κ1) is 12.5. The van der Waals surface area contributed by atoms with Crippen LogP contribution in [0, 0.1) is 23.6 Å². The lowest BCUT2D eigenvalue weighted by atomic mass is 9.89. The molecule has 2 saturated carbocycles. The number of hydrogen-bond acceptors (Lipinski definition) is 1. The molecule has 2 aliphatic rings. The van der Waals surface area contributed by atoms with Crippen molar-refractivity contribution in [1.82, 2.24) is 5.32 Å². The standard InChI is InChI=1S/C15H19FN2O/c16-13-3-5-14(6-4-13)18-15(19)17-9-12-8-10-1-2-11(12)7-10/h3-6,10-12H,1-2,7-9H2,(H2,17,18,19)/t10-,11-,12+/m1/s1. The maximum Gasteiger partial charge on any atom is 0.319 e. The molecular weight excluding hydrogens is 243 g/mol. The molecule has 0 aromatic heterocycles. The molecule has 2 aliphatic carbocycles. The van der Waals surface area contributed by atoms with Crippen molar-refractivity contribution in [3.8, 4) is 0 Å². The van der Waals surface area contributed by atoms with Gasteiger partial charge in [0.05, 0.1) is 0 Å². The number of fused-ring (bicyclic) bond motifs is 2. The van der Waals surface area contributed by atoms with Gasteiger partial charge in [0.1, 0.15) is 5.82 Å². The van der Waals surface area contributed by atoms with E-state index in [0.717, 1.165) is 18.4 Å². The van der Waals surface area contributed by atoms with Crippen LogP contribution in [0.3, 0.4) is 0 Å². The fourth-order valence-electron chi connectivity index (χ4n) is 3.56. The highest BCUT2D eigenvalue weighted by Crippen LogP contribution is 2.47. The van der Waals surface area contributed by atoms with Crippen molar-refractivity contribution in [2.75, 3.05) is 11.9 Å². The van der Waals surface area contributed by atoms with E-state index in [2.05, 4.69) is 10.6 Å². The maximum absolute atomic E-state index is 12.7. The first-order valence-corrected chi connectivity index (χ1v) is 7.01. The van der Waals surface area contributed by atoms with Crippen molar-refractivity contribution < 1.29 is 9.18 Å². The van der Waals surface area contributed by atoms with Gasteiger partial charge in [-0.05, 0) is 61.3 Å². The topological polar surface area (TPSA) is 41.1 Å². The van der Waals surface area contributed by atoms with Gasteiger partial charge in [0.15, 0.2) is 0 Å². The molecular formula is C15H19FN2O. The van der Waals surface area contributed by atoms with Gasteiger partial charge in [-0.15, -0.1) is 0 Å². The number of carbonyl (C=O) groups is 1. The average Bonchev–Trinajstić information content (AvgIpc) is 3.01. The van der Waals surface area contributed by atoms with Gasteiger partial charge in [-0.1, -0.05) is 6.42 Å². The summed E-state index contributed by atoms with van der Waals surface area (Å²) in [6.07, 6.45) is 5.33. The van der Waals surface area contributed by atoms with Crippen LogP contribution in [0.4, 0.5) is 14.9 Å². The Morgan fingerprint density at radius 1 is 1.21 bits per heavy atom. The molecule has 2 N–H and O–H groups in total. The van der Waals surface area contributed by atoms with Crippen LogP contribution in [0.25, 0.3) is 0 Å². The minimum atomic E-state index is -0.298. The van der Waals surface area contributed by atoms with E-state index in [1.165, 1.54) is 37.8 Å². The third kappa shape index (κ3) is 2.88. The Morgan fingerprint density at radius 3 is 2.63 bits per heavy atom. The van der Waals surface area contributed by atoms with Gasteiger partial charge in [0, 0.05) is 12.2 Å². The third-order valence-corrected chi connectivity index (χ3v) is 4.51. The smallest absolute Gasteiger partial charge is 0.319 e. The van der Waals surface area contributed by atoms with E-state index in [1.54, 1.807) is 12.1 Å². The maximum atomic E-state index is 12.7. The number of rotatable bonds is 3. The van der Waals surface area contributed by atoms with Crippen LogP contribution in [0.1, 0.15) is 25.7 Å². The second-order valence-electron chi connectivity index (χ2n) is 5.78. The molecule has 102 valence electrons. The highest BCUT2D eigenvalue weighted by atomic mass is 19.1. The summed E-state index contributed by atoms with van der Waals surface area (Å²) in [5, 5.41) is 5.65. The van der Waals surface area contributed by atoms with Crippen molar-refractivity contribution >= 4 is 11.7 Å². The van der Waals surface area contributed by atoms with Gasteiger partial charge in [-0.2, -0.15) is 0 Å². The van der Waals surface area contributed by atoms with Crippen LogP contribution >= 0.6 is 0 Å². The Labute approximate surface area is 112 Å². The van der Waals surface area contributed by atoms with Gasteiger partial charge in [0.2, 0.25) is 0 Å². The lowest BCUT2D eigenvalue weighted by Gasteiger charge is -2.21. The molecule has 19 heavy (non-hydrogen) atoms. The van der Waals surface area contributed by atoms with Crippen LogP contribution in [-0.4, -0.2) is 12.6 Å². The van der Waals surface area contributed by atoms with Crippen molar-refractivity contribution in [2.45, 2.75) is 25.7 Å². The molecule has 3 nitrogen and oxygen atoms in total. The molecule has 1 aromatic rings. The van der Waals surface area contributed by atoms with E-state index in [0.29, 0.717) is 11.6 Å². The first-order valence-electron chi connectivity index (χ1n) is 7.01. The number of nitrogens with one attached hydrogen (secondary N) is 2. The number of hydrogen-bond donors (Lipinski definition) is 2. The minimum absolute atomic E-state index is 0.200. The third-order valence-electron chi connectivity index (χ3n) is 4.51. The van der Waals surface area contributed by atoms with E-state index >= 15 is 0 Å². The summed E-state index contributed by atoms with van der Waals surface area (Å²) in [6, 6.07) is 5.60. The predicted octanol–water partition coefficient (Wildman–Crippen LogP) is 3.38. The van der Waals surface area contributed by atoms with E-state index in [1.807, 2.05) is 0 Å². The minimum Gasteiger partial charge on any atom is -0.338 e. The summed E-state index contributed by atoms with van der Waals surface area (Å²) in [4.78, 5) is 11.7. The molecule has 4 heteroatoms. The molecule has 3 atom stereocenters. The molecule has 0 saturated heterocycles. The SMILES string of the molecule is O=C(NC[C@@H]1C[C@@H]2CC[C@@H]1C2)Nc1ccc(F)cc1. The second kappa shape index (κ2) is 5.19. The Hall–Kier alpha value is -1.58. The summed E-state index contributed by atoms with van der Waals surface area (Å²) in [5.41, 5.74) is 0.617. The first-order chi connectivity index (χ1) is 9.20. The number of carbonyl (C=O) groups excluding carboxylic acids is 1. The van der Waals surface area contributed by atoms with Crippen molar-refractivity contribution in [3.05, 3.63) is 30.1 Å². The molecule has 0 aliphatic heterocycles. The summed E-state index contributed by atoms with van der Waals surface area (Å²) in [7, 11) is 0. The molecule has 2 amide bonds. The van der Waals surface area contributed by atoms with Gasteiger partial charge in [-0.25, -0.2) is 9.18 Å². The molecule has 0 heterocycles. The van der Waals surface area contributed by atoms with Gasteiger partial charge >= 0.3 is 6.03 Å². The normalized spacial score (nSPS) is 28.4. The quantitative estimate of drug-likeness (QED) is 0.861. The Bertz CT molecular complexity index is 460. The number of urea groups is 1. The number of halogens is 1. The number of benzene rings is 1.